The van der Waals surface area contributed by atoms with Crippen LogP contribution in [-0.2, 0) is 9.59 Å². The van der Waals surface area contributed by atoms with Gasteiger partial charge in [-0.3, -0.25) is 14.5 Å². The highest BCUT2D eigenvalue weighted by atomic mass is 16.5. The molecule has 4 nitrogen and oxygen atoms in total. The molecule has 3 rings (SSSR count). The van der Waals surface area contributed by atoms with Crippen LogP contribution in [-0.4, -0.2) is 30.4 Å². The number of aryl methyl sites for hydroxylation is 1. The summed E-state index contributed by atoms with van der Waals surface area (Å²) in [5, 5.41) is 0. The first kappa shape index (κ1) is 20.2. The monoisotopic (exact) mass is 385 g/mol. The number of nitrogens with zero attached hydrogens (tertiary/aromatic N) is 1. The smallest absolute Gasteiger partial charge is 0.268 e. The van der Waals surface area contributed by atoms with Crippen LogP contribution in [0.1, 0.15) is 28.7 Å². The molecule has 0 bridgehead atoms. The van der Waals surface area contributed by atoms with Crippen molar-refractivity contribution in [3.63, 3.8) is 0 Å². The molecule has 0 radical (unpaired) electrons. The molecule has 0 N–H and O–H groups in total. The average Bonchev–Trinajstić information content (AvgIpc) is 2.74. The number of ether oxygens (including phenoxy) is 1. The molecule has 2 amide bonds. The van der Waals surface area contributed by atoms with Gasteiger partial charge >= 0.3 is 0 Å². The van der Waals surface area contributed by atoms with Gasteiger partial charge in [0.1, 0.15) is 5.75 Å². The Balaban J connectivity index is 1.74. The molecule has 2 aromatic rings. The number of benzene rings is 2. The summed E-state index contributed by atoms with van der Waals surface area (Å²) in [5.41, 5.74) is 4.17. The van der Waals surface area contributed by atoms with Crippen LogP contribution in [0.25, 0.3) is 6.08 Å². The lowest BCUT2D eigenvalue weighted by molar-refractivity contribution is -0.139. The van der Waals surface area contributed by atoms with Gasteiger partial charge in [0, 0.05) is 18.2 Å². The van der Waals surface area contributed by atoms with Crippen LogP contribution in [0.3, 0.4) is 0 Å². The van der Waals surface area contributed by atoms with Crippen molar-refractivity contribution in [2.75, 3.05) is 13.7 Å². The standard InChI is InChI=1S/C25H23NO3/c1-18-16-21(17-23(29-3)19(18)2)12-14-24(27)26-15-7-10-22(25(26)28)13-11-20-8-5-4-6-9-20/h4-6,8-10,12,14,16-17H,7,15H2,1-3H3/b14-12+. The molecule has 0 atom stereocenters. The maximum absolute atomic E-state index is 12.7. The average molecular weight is 385 g/mol. The third-order valence-corrected chi connectivity index (χ3v) is 4.84. The van der Waals surface area contributed by atoms with Crippen molar-refractivity contribution in [3.8, 4) is 17.6 Å². The van der Waals surface area contributed by atoms with E-state index >= 15 is 0 Å². The van der Waals surface area contributed by atoms with Gasteiger partial charge < -0.3 is 4.74 Å². The molecule has 0 saturated carbocycles. The topological polar surface area (TPSA) is 46.6 Å². The molecule has 0 saturated heterocycles. The Morgan fingerprint density at radius 2 is 1.90 bits per heavy atom. The zero-order valence-electron chi connectivity index (χ0n) is 16.9. The lowest BCUT2D eigenvalue weighted by Gasteiger charge is -2.22. The number of carbonyl (C=O) groups is 2. The van der Waals surface area contributed by atoms with Crippen LogP contribution in [0.5, 0.6) is 5.75 Å². The predicted octanol–water partition coefficient (Wildman–Crippen LogP) is 4.06. The molecule has 2 aromatic carbocycles. The SMILES string of the molecule is COc1cc(/C=C/C(=O)N2CCC=C(C#Cc3ccccc3)C2=O)cc(C)c1C. The van der Waals surface area contributed by atoms with Crippen molar-refractivity contribution in [2.45, 2.75) is 20.3 Å². The number of amides is 2. The van der Waals surface area contributed by atoms with E-state index in [1.807, 2.05) is 56.3 Å². The second-order valence-corrected chi connectivity index (χ2v) is 6.82. The minimum Gasteiger partial charge on any atom is -0.496 e. The number of hydrogen-bond donors (Lipinski definition) is 0. The molecule has 1 aliphatic rings. The van der Waals surface area contributed by atoms with Crippen LogP contribution < -0.4 is 4.74 Å². The van der Waals surface area contributed by atoms with Gasteiger partial charge in [-0.1, -0.05) is 42.2 Å². The summed E-state index contributed by atoms with van der Waals surface area (Å²) < 4.78 is 5.38. The largest absolute Gasteiger partial charge is 0.496 e. The molecule has 0 aromatic heterocycles. The van der Waals surface area contributed by atoms with Crippen molar-refractivity contribution < 1.29 is 14.3 Å². The highest BCUT2D eigenvalue weighted by molar-refractivity contribution is 6.11. The zero-order chi connectivity index (χ0) is 20.8. The van der Waals surface area contributed by atoms with Crippen LogP contribution in [0.4, 0.5) is 0 Å². The molecule has 146 valence electrons. The van der Waals surface area contributed by atoms with E-state index < -0.39 is 0 Å². The van der Waals surface area contributed by atoms with Crippen molar-refractivity contribution in [1.82, 2.24) is 4.90 Å². The van der Waals surface area contributed by atoms with Gasteiger partial charge in [0.2, 0.25) is 0 Å². The van der Waals surface area contributed by atoms with E-state index in [2.05, 4.69) is 11.8 Å². The van der Waals surface area contributed by atoms with Gasteiger partial charge in [0.05, 0.1) is 12.7 Å². The fraction of sp³-hybridized carbons (Fsp3) is 0.200. The fourth-order valence-corrected chi connectivity index (χ4v) is 3.07. The summed E-state index contributed by atoms with van der Waals surface area (Å²) >= 11 is 0. The van der Waals surface area contributed by atoms with Crippen LogP contribution in [0.15, 0.2) is 60.2 Å². The Hall–Kier alpha value is -3.58. The van der Waals surface area contributed by atoms with Gasteiger partial charge in [-0.05, 0) is 61.2 Å². The molecule has 4 heteroatoms. The lowest BCUT2D eigenvalue weighted by atomic mass is 10.0. The third-order valence-electron chi connectivity index (χ3n) is 4.84. The number of rotatable bonds is 3. The van der Waals surface area contributed by atoms with Crippen molar-refractivity contribution in [2.24, 2.45) is 0 Å². The summed E-state index contributed by atoms with van der Waals surface area (Å²) in [4.78, 5) is 26.5. The maximum Gasteiger partial charge on any atom is 0.268 e. The molecule has 1 heterocycles. The van der Waals surface area contributed by atoms with E-state index in [0.717, 1.165) is 28.0 Å². The maximum atomic E-state index is 12.7. The van der Waals surface area contributed by atoms with Gasteiger partial charge in [0.25, 0.3) is 11.8 Å². The number of hydrogen-bond acceptors (Lipinski definition) is 3. The summed E-state index contributed by atoms with van der Waals surface area (Å²) in [6.45, 7) is 4.34. The summed E-state index contributed by atoms with van der Waals surface area (Å²) in [6, 6.07) is 13.3. The molecular formula is C25H23NO3. The predicted molar refractivity (Wildman–Crippen MR) is 114 cm³/mol. The van der Waals surface area contributed by atoms with E-state index in [4.69, 9.17) is 4.74 Å². The summed E-state index contributed by atoms with van der Waals surface area (Å²) in [7, 11) is 1.62. The molecule has 0 aliphatic carbocycles. The van der Waals surface area contributed by atoms with Crippen LogP contribution in [0, 0.1) is 25.7 Å². The highest BCUT2D eigenvalue weighted by Crippen LogP contribution is 2.24. The molecule has 0 unspecified atom stereocenters. The van der Waals surface area contributed by atoms with Gasteiger partial charge in [0.15, 0.2) is 0 Å². The molecule has 1 aliphatic heterocycles. The van der Waals surface area contributed by atoms with E-state index in [0.29, 0.717) is 18.5 Å². The molecule has 0 fully saturated rings. The van der Waals surface area contributed by atoms with Gasteiger partial charge in [-0.15, -0.1) is 0 Å². The van der Waals surface area contributed by atoms with E-state index in [1.165, 1.54) is 11.0 Å². The van der Waals surface area contributed by atoms with Gasteiger partial charge in [-0.2, -0.15) is 0 Å². The Labute approximate surface area is 171 Å². The Morgan fingerprint density at radius 3 is 2.62 bits per heavy atom. The number of methoxy groups -OCH3 is 1. The summed E-state index contributed by atoms with van der Waals surface area (Å²) in [6.07, 6.45) is 5.52. The third kappa shape index (κ3) is 4.83. The minimum atomic E-state index is -0.355. The van der Waals surface area contributed by atoms with Crippen molar-refractivity contribution in [1.29, 1.82) is 0 Å². The zero-order valence-corrected chi connectivity index (χ0v) is 16.9. The Morgan fingerprint density at radius 1 is 1.14 bits per heavy atom. The van der Waals surface area contributed by atoms with E-state index in [-0.39, 0.29) is 11.8 Å². The fourth-order valence-electron chi connectivity index (χ4n) is 3.07. The number of imide groups is 1. The first-order valence-electron chi connectivity index (χ1n) is 9.46. The first-order valence-corrected chi connectivity index (χ1v) is 9.46. The van der Waals surface area contributed by atoms with Crippen molar-refractivity contribution in [3.05, 3.63) is 82.4 Å². The van der Waals surface area contributed by atoms with E-state index in [9.17, 15) is 9.59 Å². The number of carbonyl (C=O) groups excluding carboxylic acids is 2. The Bertz CT molecular complexity index is 1050. The summed E-state index contributed by atoms with van der Waals surface area (Å²) in [5.74, 6) is 5.95. The Kier molecular flexibility index (Phi) is 6.31. The normalized spacial score (nSPS) is 13.7. The van der Waals surface area contributed by atoms with Crippen LogP contribution in [0.2, 0.25) is 0 Å². The van der Waals surface area contributed by atoms with E-state index in [1.54, 1.807) is 19.3 Å². The van der Waals surface area contributed by atoms with Crippen molar-refractivity contribution >= 4 is 17.9 Å². The lowest BCUT2D eigenvalue weighted by Crippen LogP contribution is -2.39. The molecule has 29 heavy (non-hydrogen) atoms. The van der Waals surface area contributed by atoms with Crippen LogP contribution >= 0.6 is 0 Å². The highest BCUT2D eigenvalue weighted by Gasteiger charge is 2.25. The van der Waals surface area contributed by atoms with Gasteiger partial charge in [-0.25, -0.2) is 0 Å². The molecular weight excluding hydrogens is 362 g/mol. The second-order valence-electron chi connectivity index (χ2n) is 6.82. The quantitative estimate of drug-likeness (QED) is 0.591. The molecule has 0 spiro atoms. The minimum absolute atomic E-state index is 0.348. The second kappa shape index (κ2) is 9.07. The first-order chi connectivity index (χ1) is 14.0.